The number of para-hydroxylation sites is 2. The van der Waals surface area contributed by atoms with Gasteiger partial charge in [0, 0.05) is 17.7 Å². The molecule has 9 nitrogen and oxygen atoms in total. The summed E-state index contributed by atoms with van der Waals surface area (Å²) in [6.07, 6.45) is 1.01. The molecular formula is C26H24FN3O6. The molecule has 2 amide bonds. The maximum absolute atomic E-state index is 14.1. The largest absolute Gasteiger partial charge is 0.505 e. The molecule has 2 atom stereocenters. The van der Waals surface area contributed by atoms with Crippen LogP contribution in [-0.2, 0) is 9.53 Å². The van der Waals surface area contributed by atoms with Crippen molar-refractivity contribution in [3.05, 3.63) is 84.2 Å². The average molecular weight is 493 g/mol. The van der Waals surface area contributed by atoms with Crippen LogP contribution in [0.4, 0.5) is 26.2 Å². The van der Waals surface area contributed by atoms with Crippen molar-refractivity contribution >= 4 is 29.1 Å². The number of rotatable bonds is 7. The molecule has 0 radical (unpaired) electrons. The molecular weight excluding hydrogens is 469 g/mol. The van der Waals surface area contributed by atoms with Gasteiger partial charge in [-0.2, -0.15) is 0 Å². The molecule has 4 rings (SSSR count). The summed E-state index contributed by atoms with van der Waals surface area (Å²) in [7, 11) is 0. The van der Waals surface area contributed by atoms with E-state index in [1.54, 1.807) is 49.4 Å². The van der Waals surface area contributed by atoms with E-state index in [-0.39, 0.29) is 12.4 Å². The Labute approximate surface area is 206 Å². The van der Waals surface area contributed by atoms with Crippen LogP contribution in [0.25, 0.3) is 0 Å². The summed E-state index contributed by atoms with van der Waals surface area (Å²) >= 11 is 0. The van der Waals surface area contributed by atoms with Gasteiger partial charge < -0.3 is 30.4 Å². The second-order valence-corrected chi connectivity index (χ2v) is 8.02. The predicted octanol–water partition coefficient (Wildman–Crippen LogP) is 4.96. The number of nitrogens with two attached hydrogens (primary N) is 1. The summed E-state index contributed by atoms with van der Waals surface area (Å²) in [5.74, 6) is -1.38. The van der Waals surface area contributed by atoms with Gasteiger partial charge in [-0.25, -0.2) is 9.18 Å². The van der Waals surface area contributed by atoms with Crippen LogP contribution in [0.5, 0.6) is 17.2 Å². The van der Waals surface area contributed by atoms with E-state index in [1.165, 1.54) is 18.2 Å². The molecule has 3 aromatic carbocycles. The monoisotopic (exact) mass is 493 g/mol. The third kappa shape index (κ3) is 5.84. The fraction of sp³-hybridized carbons (Fsp3) is 0.154. The number of phenols is 1. The van der Waals surface area contributed by atoms with Crippen molar-refractivity contribution in [2.24, 2.45) is 5.92 Å². The Morgan fingerprint density at radius 2 is 1.86 bits per heavy atom. The lowest BCUT2D eigenvalue weighted by Gasteiger charge is -2.23. The van der Waals surface area contributed by atoms with Gasteiger partial charge in [0.15, 0.2) is 23.1 Å². The van der Waals surface area contributed by atoms with Crippen molar-refractivity contribution in [1.82, 2.24) is 0 Å². The lowest BCUT2D eigenvalue weighted by molar-refractivity contribution is -0.111. The summed E-state index contributed by atoms with van der Waals surface area (Å²) in [6, 6.07) is 15.3. The first-order chi connectivity index (χ1) is 17.3. The molecule has 1 heterocycles. The first-order valence-electron chi connectivity index (χ1n) is 11.0. The molecule has 0 aliphatic carbocycles. The number of amides is 2. The summed E-state index contributed by atoms with van der Waals surface area (Å²) in [5.41, 5.74) is 7.41. The smallest absolute Gasteiger partial charge is 0.412 e. The Morgan fingerprint density at radius 3 is 2.64 bits per heavy atom. The van der Waals surface area contributed by atoms with E-state index in [1.807, 2.05) is 0 Å². The van der Waals surface area contributed by atoms with Crippen molar-refractivity contribution in [2.75, 3.05) is 23.2 Å². The van der Waals surface area contributed by atoms with Crippen LogP contribution in [0.1, 0.15) is 18.6 Å². The summed E-state index contributed by atoms with van der Waals surface area (Å²) in [4.78, 5) is 25.1. The second-order valence-electron chi connectivity index (χ2n) is 8.02. The SMILES string of the molecule is C[C@@H](/C=C/C(=O)Nc1ccccc1N)[C@@H](OC(=O)Nc1ccc2c(c1)OCO2)c1ccc(O)c(F)c1. The molecule has 186 valence electrons. The van der Waals surface area contributed by atoms with Gasteiger partial charge >= 0.3 is 6.09 Å². The predicted molar refractivity (Wildman–Crippen MR) is 131 cm³/mol. The minimum atomic E-state index is -0.986. The molecule has 1 aliphatic rings. The number of ether oxygens (including phenoxy) is 3. The number of hydrogen-bond acceptors (Lipinski definition) is 7. The average Bonchev–Trinajstić information content (AvgIpc) is 3.32. The normalized spacial score (nSPS) is 13.7. The Morgan fingerprint density at radius 1 is 1.08 bits per heavy atom. The van der Waals surface area contributed by atoms with Crippen molar-refractivity contribution in [1.29, 1.82) is 0 Å². The number of benzene rings is 3. The minimum absolute atomic E-state index is 0.0893. The fourth-order valence-corrected chi connectivity index (χ4v) is 3.54. The van der Waals surface area contributed by atoms with Crippen LogP contribution < -0.4 is 25.8 Å². The van der Waals surface area contributed by atoms with Crippen LogP contribution in [0.15, 0.2) is 72.8 Å². The molecule has 0 aromatic heterocycles. The highest BCUT2D eigenvalue weighted by Gasteiger charge is 2.24. The quantitative estimate of drug-likeness (QED) is 0.270. The standard InChI is InChI=1S/C26H24FN3O6/c1-15(6-11-24(32)30-20-5-3-2-4-19(20)28)25(16-7-9-21(31)18(27)12-16)36-26(33)29-17-8-10-22-23(13-17)35-14-34-22/h2-13,15,25,31H,14,28H2,1H3,(H,29,33)(H,30,32)/b11-6+/t15-,25+/m0/s1. The Bertz CT molecular complexity index is 1310. The first-order valence-corrected chi connectivity index (χ1v) is 11.0. The highest BCUT2D eigenvalue weighted by molar-refractivity contribution is 6.01. The van der Waals surface area contributed by atoms with Crippen molar-refractivity contribution in [3.8, 4) is 17.2 Å². The van der Waals surface area contributed by atoms with Gasteiger partial charge in [0.2, 0.25) is 12.7 Å². The first kappa shape index (κ1) is 24.4. The number of carbonyl (C=O) groups excluding carboxylic acids is 2. The van der Waals surface area contributed by atoms with E-state index >= 15 is 0 Å². The fourth-order valence-electron chi connectivity index (χ4n) is 3.54. The Kier molecular flexibility index (Phi) is 7.24. The molecule has 0 saturated heterocycles. The number of phenolic OH excluding ortho intramolecular Hbond substituents is 1. The zero-order chi connectivity index (χ0) is 25.7. The molecule has 0 spiro atoms. The van der Waals surface area contributed by atoms with Crippen molar-refractivity contribution in [2.45, 2.75) is 13.0 Å². The van der Waals surface area contributed by atoms with Crippen LogP contribution in [0.3, 0.4) is 0 Å². The number of hydrogen-bond donors (Lipinski definition) is 4. The highest BCUT2D eigenvalue weighted by atomic mass is 19.1. The van der Waals surface area contributed by atoms with Crippen LogP contribution in [0.2, 0.25) is 0 Å². The topological polar surface area (TPSA) is 132 Å². The summed E-state index contributed by atoms with van der Waals surface area (Å²) in [5, 5.41) is 14.8. The van der Waals surface area contributed by atoms with E-state index in [0.29, 0.717) is 28.6 Å². The lowest BCUT2D eigenvalue weighted by Crippen LogP contribution is -2.21. The van der Waals surface area contributed by atoms with Gasteiger partial charge in [0.1, 0.15) is 6.10 Å². The third-order valence-electron chi connectivity index (χ3n) is 5.40. The van der Waals surface area contributed by atoms with E-state index < -0.39 is 35.6 Å². The highest BCUT2D eigenvalue weighted by Crippen LogP contribution is 2.35. The van der Waals surface area contributed by atoms with Gasteiger partial charge in [-0.15, -0.1) is 0 Å². The second kappa shape index (κ2) is 10.7. The van der Waals surface area contributed by atoms with Gasteiger partial charge in [-0.05, 0) is 48.0 Å². The number of anilines is 3. The van der Waals surface area contributed by atoms with E-state index in [0.717, 1.165) is 12.1 Å². The van der Waals surface area contributed by atoms with Crippen LogP contribution >= 0.6 is 0 Å². The van der Waals surface area contributed by atoms with Gasteiger partial charge in [0.25, 0.3) is 0 Å². The van der Waals surface area contributed by atoms with E-state index in [4.69, 9.17) is 19.9 Å². The molecule has 3 aromatic rings. The molecule has 0 saturated carbocycles. The molecule has 0 bridgehead atoms. The van der Waals surface area contributed by atoms with Crippen molar-refractivity contribution < 1.29 is 33.3 Å². The molecule has 10 heteroatoms. The maximum atomic E-state index is 14.1. The zero-order valence-corrected chi connectivity index (χ0v) is 19.2. The zero-order valence-electron chi connectivity index (χ0n) is 19.2. The number of aromatic hydroxyl groups is 1. The number of fused-ring (bicyclic) bond motifs is 1. The van der Waals surface area contributed by atoms with Crippen LogP contribution in [0, 0.1) is 11.7 Å². The van der Waals surface area contributed by atoms with E-state index in [9.17, 15) is 19.1 Å². The minimum Gasteiger partial charge on any atom is -0.505 e. The van der Waals surface area contributed by atoms with Gasteiger partial charge in [-0.1, -0.05) is 31.2 Å². The molecule has 5 N–H and O–H groups in total. The van der Waals surface area contributed by atoms with Gasteiger partial charge in [-0.3, -0.25) is 10.1 Å². The van der Waals surface area contributed by atoms with Crippen LogP contribution in [-0.4, -0.2) is 23.9 Å². The lowest BCUT2D eigenvalue weighted by atomic mass is 9.96. The number of halogens is 1. The Hall–Kier alpha value is -4.73. The molecule has 36 heavy (non-hydrogen) atoms. The summed E-state index contributed by atoms with van der Waals surface area (Å²) in [6.45, 7) is 1.79. The number of carbonyl (C=O) groups is 2. The number of nitrogens with one attached hydrogen (secondary N) is 2. The van der Waals surface area contributed by atoms with Gasteiger partial charge in [0.05, 0.1) is 11.4 Å². The van der Waals surface area contributed by atoms with Crippen molar-refractivity contribution in [3.63, 3.8) is 0 Å². The number of nitrogen functional groups attached to an aromatic ring is 1. The Balaban J connectivity index is 1.49. The van der Waals surface area contributed by atoms with E-state index in [2.05, 4.69) is 10.6 Å². The molecule has 0 unspecified atom stereocenters. The maximum Gasteiger partial charge on any atom is 0.412 e. The summed E-state index contributed by atoms with van der Waals surface area (Å²) < 4.78 is 30.3. The molecule has 0 fully saturated rings. The third-order valence-corrected chi connectivity index (χ3v) is 5.40. The molecule has 1 aliphatic heterocycles.